The minimum Gasteiger partial charge on any atom is -0.472 e. The number of aliphatic hydroxyl groups is 1. The van der Waals surface area contributed by atoms with Gasteiger partial charge in [-0.05, 0) is 25.0 Å². The number of hydrogen-bond acceptors (Lipinski definition) is 6. The van der Waals surface area contributed by atoms with E-state index in [-0.39, 0.29) is 12.6 Å². The van der Waals surface area contributed by atoms with Crippen LogP contribution in [0.3, 0.4) is 0 Å². The molecule has 6 nitrogen and oxygen atoms in total. The van der Waals surface area contributed by atoms with Gasteiger partial charge in [0.1, 0.15) is 6.26 Å². The summed E-state index contributed by atoms with van der Waals surface area (Å²) in [6.07, 6.45) is 3.84. The molecule has 0 aliphatic heterocycles. The highest BCUT2D eigenvalue weighted by Crippen LogP contribution is 2.19. The molecule has 1 unspecified atom stereocenters. The van der Waals surface area contributed by atoms with E-state index in [9.17, 15) is 5.11 Å². The number of aromatic nitrogens is 2. The standard InChI is InChI=1S/C18H21N3O3/c1-14(7-9-22)21(11-15-5-3-2-4-6-15)12-17-19-18(24-20-17)16-8-10-23-13-16/h2-6,8,10,13-14,22H,7,9,11-12H2,1H3. The Morgan fingerprint density at radius 2 is 2.00 bits per heavy atom. The van der Waals surface area contributed by atoms with Gasteiger partial charge in [-0.15, -0.1) is 0 Å². The predicted molar refractivity (Wildman–Crippen MR) is 88.9 cm³/mol. The van der Waals surface area contributed by atoms with Crippen LogP contribution in [0.5, 0.6) is 0 Å². The lowest BCUT2D eigenvalue weighted by molar-refractivity contribution is 0.149. The predicted octanol–water partition coefficient (Wildman–Crippen LogP) is 3.10. The van der Waals surface area contributed by atoms with Crippen molar-refractivity contribution in [1.82, 2.24) is 15.0 Å². The van der Waals surface area contributed by atoms with Crippen molar-refractivity contribution >= 4 is 0 Å². The summed E-state index contributed by atoms with van der Waals surface area (Å²) >= 11 is 0. The maximum absolute atomic E-state index is 9.26. The first-order chi connectivity index (χ1) is 11.8. The fourth-order valence-electron chi connectivity index (χ4n) is 2.56. The minimum atomic E-state index is 0.152. The first-order valence-corrected chi connectivity index (χ1v) is 8.00. The smallest absolute Gasteiger partial charge is 0.261 e. The zero-order valence-corrected chi connectivity index (χ0v) is 13.6. The van der Waals surface area contributed by atoms with Gasteiger partial charge in [-0.25, -0.2) is 0 Å². The highest BCUT2D eigenvalue weighted by Gasteiger charge is 2.18. The molecule has 6 heteroatoms. The third-order valence-corrected chi connectivity index (χ3v) is 3.98. The number of nitrogens with zero attached hydrogens (tertiary/aromatic N) is 3. The van der Waals surface area contributed by atoms with Crippen molar-refractivity contribution in [3.63, 3.8) is 0 Å². The molecular weight excluding hydrogens is 306 g/mol. The molecule has 1 N–H and O–H groups in total. The van der Waals surface area contributed by atoms with Crippen LogP contribution in [0.1, 0.15) is 24.7 Å². The Bertz CT molecular complexity index is 725. The maximum atomic E-state index is 9.26. The van der Waals surface area contributed by atoms with E-state index >= 15 is 0 Å². The summed E-state index contributed by atoms with van der Waals surface area (Å²) in [6.45, 7) is 3.56. The number of rotatable bonds is 8. The fraction of sp³-hybridized carbons (Fsp3) is 0.333. The van der Waals surface area contributed by atoms with E-state index in [0.29, 0.717) is 24.7 Å². The SMILES string of the molecule is CC(CCO)N(Cc1ccccc1)Cc1noc(-c2ccoc2)n1. The Kier molecular flexibility index (Phi) is 5.40. The lowest BCUT2D eigenvalue weighted by atomic mass is 10.1. The van der Waals surface area contributed by atoms with Crippen molar-refractivity contribution in [1.29, 1.82) is 0 Å². The second-order valence-electron chi connectivity index (χ2n) is 5.78. The van der Waals surface area contributed by atoms with Crippen molar-refractivity contribution in [2.24, 2.45) is 0 Å². The van der Waals surface area contributed by atoms with Crippen molar-refractivity contribution in [2.45, 2.75) is 32.5 Å². The summed E-state index contributed by atoms with van der Waals surface area (Å²) in [6, 6.07) is 12.2. The van der Waals surface area contributed by atoms with Gasteiger partial charge in [-0.2, -0.15) is 4.98 Å². The third-order valence-electron chi connectivity index (χ3n) is 3.98. The summed E-state index contributed by atoms with van der Waals surface area (Å²) < 4.78 is 10.3. The van der Waals surface area contributed by atoms with E-state index < -0.39 is 0 Å². The molecule has 0 saturated carbocycles. The molecular formula is C18H21N3O3. The van der Waals surface area contributed by atoms with Gasteiger partial charge in [0.25, 0.3) is 5.89 Å². The number of aliphatic hydroxyl groups excluding tert-OH is 1. The average Bonchev–Trinajstić information content (AvgIpc) is 3.27. The molecule has 0 aliphatic carbocycles. The second-order valence-corrected chi connectivity index (χ2v) is 5.78. The van der Waals surface area contributed by atoms with Gasteiger partial charge < -0.3 is 14.0 Å². The summed E-state index contributed by atoms with van der Waals surface area (Å²) in [7, 11) is 0. The largest absolute Gasteiger partial charge is 0.472 e. The molecule has 0 spiro atoms. The topological polar surface area (TPSA) is 75.5 Å². The Labute approximate surface area is 140 Å². The molecule has 0 saturated heterocycles. The second kappa shape index (κ2) is 7.90. The van der Waals surface area contributed by atoms with Gasteiger partial charge in [0.15, 0.2) is 5.82 Å². The molecule has 126 valence electrons. The Balaban J connectivity index is 1.73. The molecule has 3 rings (SSSR count). The van der Waals surface area contributed by atoms with Crippen LogP contribution >= 0.6 is 0 Å². The number of furan rings is 1. The van der Waals surface area contributed by atoms with Crippen molar-refractivity contribution in [3.8, 4) is 11.5 Å². The zero-order chi connectivity index (χ0) is 16.8. The van der Waals surface area contributed by atoms with Crippen LogP contribution in [0.2, 0.25) is 0 Å². The number of hydrogen-bond donors (Lipinski definition) is 1. The van der Waals surface area contributed by atoms with Crippen molar-refractivity contribution < 1.29 is 14.0 Å². The van der Waals surface area contributed by atoms with E-state index in [2.05, 4.69) is 34.1 Å². The lowest BCUT2D eigenvalue weighted by Gasteiger charge is -2.27. The summed E-state index contributed by atoms with van der Waals surface area (Å²) in [5.74, 6) is 1.07. The highest BCUT2D eigenvalue weighted by molar-refractivity contribution is 5.49. The molecule has 0 amide bonds. The first kappa shape index (κ1) is 16.4. The van der Waals surface area contributed by atoms with Crippen molar-refractivity contribution in [2.75, 3.05) is 6.61 Å². The molecule has 1 atom stereocenters. The van der Waals surface area contributed by atoms with Gasteiger partial charge in [0.2, 0.25) is 0 Å². The van der Waals surface area contributed by atoms with Gasteiger partial charge in [-0.3, -0.25) is 4.90 Å². The van der Waals surface area contributed by atoms with E-state index in [1.807, 2.05) is 18.2 Å². The molecule has 2 heterocycles. The van der Waals surface area contributed by atoms with Gasteiger partial charge in [0.05, 0.1) is 18.4 Å². The first-order valence-electron chi connectivity index (χ1n) is 8.00. The fourth-order valence-corrected chi connectivity index (χ4v) is 2.56. The minimum absolute atomic E-state index is 0.152. The highest BCUT2D eigenvalue weighted by atomic mass is 16.5. The van der Waals surface area contributed by atoms with E-state index in [1.165, 1.54) is 5.56 Å². The van der Waals surface area contributed by atoms with Crippen LogP contribution in [0.25, 0.3) is 11.5 Å². The summed E-state index contributed by atoms with van der Waals surface area (Å²) in [4.78, 5) is 6.67. The van der Waals surface area contributed by atoms with Gasteiger partial charge in [-0.1, -0.05) is 35.5 Å². The molecule has 0 aliphatic rings. The van der Waals surface area contributed by atoms with Gasteiger partial charge in [0, 0.05) is 19.2 Å². The van der Waals surface area contributed by atoms with Crippen LogP contribution in [0.4, 0.5) is 0 Å². The number of benzene rings is 1. The molecule has 2 aromatic heterocycles. The lowest BCUT2D eigenvalue weighted by Crippen LogP contribution is -2.33. The summed E-state index contributed by atoms with van der Waals surface area (Å²) in [5.41, 5.74) is 1.98. The molecule has 1 aromatic carbocycles. The molecule has 0 radical (unpaired) electrons. The molecule has 0 bridgehead atoms. The van der Waals surface area contributed by atoms with Crippen LogP contribution < -0.4 is 0 Å². The van der Waals surface area contributed by atoms with Crippen LogP contribution in [0, 0.1) is 0 Å². The van der Waals surface area contributed by atoms with Gasteiger partial charge >= 0.3 is 0 Å². The van der Waals surface area contributed by atoms with E-state index in [1.54, 1.807) is 18.6 Å². The van der Waals surface area contributed by atoms with Crippen LogP contribution in [-0.4, -0.2) is 32.8 Å². The maximum Gasteiger partial charge on any atom is 0.261 e. The van der Waals surface area contributed by atoms with Crippen molar-refractivity contribution in [3.05, 3.63) is 60.3 Å². The Morgan fingerprint density at radius 1 is 1.17 bits per heavy atom. The molecule has 3 aromatic rings. The molecule has 0 fully saturated rings. The quantitative estimate of drug-likeness (QED) is 0.685. The zero-order valence-electron chi connectivity index (χ0n) is 13.6. The van der Waals surface area contributed by atoms with E-state index in [4.69, 9.17) is 8.94 Å². The third kappa shape index (κ3) is 4.10. The average molecular weight is 327 g/mol. The Hall–Kier alpha value is -2.44. The normalized spacial score (nSPS) is 12.6. The van der Waals surface area contributed by atoms with E-state index in [0.717, 1.165) is 12.1 Å². The van der Waals surface area contributed by atoms with Crippen LogP contribution in [-0.2, 0) is 13.1 Å². The molecule has 24 heavy (non-hydrogen) atoms. The monoisotopic (exact) mass is 327 g/mol. The summed E-state index contributed by atoms with van der Waals surface area (Å²) in [5, 5.41) is 13.3. The van der Waals surface area contributed by atoms with Crippen LogP contribution in [0.15, 0.2) is 57.9 Å². The Morgan fingerprint density at radius 3 is 2.71 bits per heavy atom.